The monoisotopic (exact) mass is 436 g/mol. The summed E-state index contributed by atoms with van der Waals surface area (Å²) in [6.07, 6.45) is 0. The van der Waals surface area contributed by atoms with E-state index in [1.165, 1.54) is 29.5 Å². The van der Waals surface area contributed by atoms with Gasteiger partial charge in [-0.15, -0.1) is 10.2 Å². The Morgan fingerprint density at radius 3 is 2.27 bits per heavy atom. The van der Waals surface area contributed by atoms with Gasteiger partial charge in [0, 0.05) is 34.2 Å². The molecule has 6 nitrogen and oxygen atoms in total. The molecule has 0 fully saturated rings. The number of non-ortho nitro benzene ring substituents is 1. The minimum Gasteiger partial charge on any atom is -0.270 e. The molecule has 30 heavy (non-hydrogen) atoms. The van der Waals surface area contributed by atoms with E-state index < -0.39 is 4.92 Å². The van der Waals surface area contributed by atoms with Crippen molar-refractivity contribution < 1.29 is 4.92 Å². The summed E-state index contributed by atoms with van der Waals surface area (Å²) in [5.41, 5.74) is 4.09. The van der Waals surface area contributed by atoms with E-state index >= 15 is 0 Å². The fourth-order valence-corrected chi connectivity index (χ4v) is 3.97. The fraction of sp³-hybridized carbons (Fsp3) is 0.0909. The summed E-state index contributed by atoms with van der Waals surface area (Å²) in [4.78, 5) is 10.4. The molecule has 0 N–H and O–H groups in total. The topological polar surface area (TPSA) is 73.8 Å². The van der Waals surface area contributed by atoms with Crippen molar-refractivity contribution >= 4 is 29.1 Å². The Labute approximate surface area is 182 Å². The van der Waals surface area contributed by atoms with Gasteiger partial charge in [0.1, 0.15) is 0 Å². The molecule has 0 atom stereocenters. The van der Waals surface area contributed by atoms with Crippen LogP contribution in [0.3, 0.4) is 0 Å². The van der Waals surface area contributed by atoms with Crippen LogP contribution in [0.25, 0.3) is 17.1 Å². The van der Waals surface area contributed by atoms with Crippen molar-refractivity contribution in [3.8, 4) is 17.1 Å². The molecule has 0 bridgehead atoms. The number of thioether (sulfide) groups is 1. The lowest BCUT2D eigenvalue weighted by molar-refractivity contribution is -0.384. The molecule has 1 aromatic heterocycles. The van der Waals surface area contributed by atoms with Gasteiger partial charge in [-0.2, -0.15) is 0 Å². The maximum Gasteiger partial charge on any atom is 0.269 e. The third kappa shape index (κ3) is 4.37. The number of nitro benzene ring substituents is 1. The number of rotatable bonds is 6. The summed E-state index contributed by atoms with van der Waals surface area (Å²) in [7, 11) is 0. The Bertz CT molecular complexity index is 1170. The minimum absolute atomic E-state index is 0.0802. The van der Waals surface area contributed by atoms with Crippen LogP contribution < -0.4 is 0 Å². The largest absolute Gasteiger partial charge is 0.270 e. The Morgan fingerprint density at radius 2 is 1.63 bits per heavy atom. The van der Waals surface area contributed by atoms with Crippen LogP contribution in [0, 0.1) is 17.0 Å². The van der Waals surface area contributed by atoms with E-state index in [4.69, 9.17) is 11.6 Å². The Balaban J connectivity index is 1.67. The number of nitrogens with zero attached hydrogens (tertiary/aromatic N) is 4. The van der Waals surface area contributed by atoms with E-state index in [2.05, 4.69) is 10.2 Å². The minimum atomic E-state index is -0.399. The van der Waals surface area contributed by atoms with Crippen molar-refractivity contribution in [1.29, 1.82) is 0 Å². The zero-order chi connectivity index (χ0) is 21.1. The zero-order valence-electron chi connectivity index (χ0n) is 16.0. The predicted molar refractivity (Wildman–Crippen MR) is 119 cm³/mol. The average Bonchev–Trinajstić information content (AvgIpc) is 3.17. The molecule has 0 saturated heterocycles. The number of benzene rings is 3. The standard InChI is InChI=1S/C22H17ClN4O2S/c1-15-2-10-19(11-3-15)26-21(17-6-8-18(23)9-7-17)24-25-22(26)30-14-16-4-12-20(13-5-16)27(28)29/h2-13H,14H2,1H3. The highest BCUT2D eigenvalue weighted by atomic mass is 35.5. The normalized spacial score (nSPS) is 10.9. The first-order valence-corrected chi connectivity index (χ1v) is 10.5. The molecular formula is C22H17ClN4O2S. The molecule has 4 rings (SSSR count). The highest BCUT2D eigenvalue weighted by Gasteiger charge is 2.16. The lowest BCUT2D eigenvalue weighted by atomic mass is 10.2. The molecule has 0 spiro atoms. The predicted octanol–water partition coefficient (Wildman–Crippen LogP) is 6.10. The van der Waals surface area contributed by atoms with Crippen molar-refractivity contribution in [3.05, 3.63) is 99.1 Å². The lowest BCUT2D eigenvalue weighted by Gasteiger charge is -2.11. The third-order valence-electron chi connectivity index (χ3n) is 4.54. The molecular weight excluding hydrogens is 420 g/mol. The van der Waals surface area contributed by atoms with Crippen molar-refractivity contribution in [3.63, 3.8) is 0 Å². The lowest BCUT2D eigenvalue weighted by Crippen LogP contribution is -2.00. The van der Waals surface area contributed by atoms with Gasteiger partial charge in [0.25, 0.3) is 5.69 Å². The summed E-state index contributed by atoms with van der Waals surface area (Å²) >= 11 is 7.56. The molecule has 3 aromatic carbocycles. The molecule has 4 aromatic rings. The number of aryl methyl sites for hydroxylation is 1. The van der Waals surface area contributed by atoms with Crippen LogP contribution in [0.5, 0.6) is 0 Å². The number of nitro groups is 1. The van der Waals surface area contributed by atoms with Gasteiger partial charge >= 0.3 is 0 Å². The van der Waals surface area contributed by atoms with Crippen molar-refractivity contribution in [2.24, 2.45) is 0 Å². The molecule has 0 saturated carbocycles. The molecule has 150 valence electrons. The van der Waals surface area contributed by atoms with Gasteiger partial charge < -0.3 is 0 Å². The molecule has 0 aliphatic rings. The van der Waals surface area contributed by atoms with Crippen LogP contribution in [-0.4, -0.2) is 19.7 Å². The van der Waals surface area contributed by atoms with Gasteiger partial charge in [-0.05, 0) is 48.9 Å². The van der Waals surface area contributed by atoms with E-state index in [9.17, 15) is 10.1 Å². The first-order chi connectivity index (χ1) is 14.5. The number of aromatic nitrogens is 3. The van der Waals surface area contributed by atoms with E-state index in [-0.39, 0.29) is 5.69 Å². The van der Waals surface area contributed by atoms with E-state index in [1.54, 1.807) is 12.1 Å². The smallest absolute Gasteiger partial charge is 0.269 e. The molecule has 8 heteroatoms. The van der Waals surface area contributed by atoms with E-state index in [0.29, 0.717) is 10.8 Å². The van der Waals surface area contributed by atoms with E-state index in [0.717, 1.165) is 27.8 Å². The van der Waals surface area contributed by atoms with Crippen LogP contribution in [0.15, 0.2) is 78.0 Å². The quantitative estimate of drug-likeness (QED) is 0.207. The van der Waals surface area contributed by atoms with E-state index in [1.807, 2.05) is 60.0 Å². The summed E-state index contributed by atoms with van der Waals surface area (Å²) < 4.78 is 2.01. The van der Waals surface area contributed by atoms with Crippen LogP contribution in [0.1, 0.15) is 11.1 Å². The van der Waals surface area contributed by atoms with Gasteiger partial charge in [-0.1, -0.05) is 53.2 Å². The van der Waals surface area contributed by atoms with Crippen LogP contribution in [0.2, 0.25) is 5.02 Å². The van der Waals surface area contributed by atoms with Crippen LogP contribution >= 0.6 is 23.4 Å². The summed E-state index contributed by atoms with van der Waals surface area (Å²) in [6, 6.07) is 22.2. The summed E-state index contributed by atoms with van der Waals surface area (Å²) in [5.74, 6) is 1.34. The van der Waals surface area contributed by atoms with Gasteiger partial charge in [-0.3, -0.25) is 14.7 Å². The number of halogens is 1. The van der Waals surface area contributed by atoms with Gasteiger partial charge in [-0.25, -0.2) is 0 Å². The highest BCUT2D eigenvalue weighted by Crippen LogP contribution is 2.30. The first-order valence-electron chi connectivity index (χ1n) is 9.16. The maximum atomic E-state index is 10.8. The molecule has 0 aliphatic carbocycles. The second-order valence-corrected chi connectivity index (χ2v) is 8.08. The highest BCUT2D eigenvalue weighted by molar-refractivity contribution is 7.98. The Kier molecular flexibility index (Phi) is 5.83. The third-order valence-corrected chi connectivity index (χ3v) is 5.80. The molecule has 0 aliphatic heterocycles. The first kappa shape index (κ1) is 20.1. The summed E-state index contributed by atoms with van der Waals surface area (Å²) in [5, 5.41) is 21.1. The average molecular weight is 437 g/mol. The maximum absolute atomic E-state index is 10.8. The number of hydrogen-bond donors (Lipinski definition) is 0. The summed E-state index contributed by atoms with van der Waals surface area (Å²) in [6.45, 7) is 2.04. The van der Waals surface area contributed by atoms with Crippen molar-refractivity contribution in [2.75, 3.05) is 0 Å². The van der Waals surface area contributed by atoms with Crippen LogP contribution in [-0.2, 0) is 5.75 Å². The van der Waals surface area contributed by atoms with Crippen molar-refractivity contribution in [2.45, 2.75) is 17.8 Å². The second kappa shape index (κ2) is 8.69. The zero-order valence-corrected chi connectivity index (χ0v) is 17.6. The fourth-order valence-electron chi connectivity index (χ4n) is 2.94. The molecule has 1 heterocycles. The van der Waals surface area contributed by atoms with Gasteiger partial charge in [0.2, 0.25) is 0 Å². The Hall–Kier alpha value is -3.16. The molecule has 0 radical (unpaired) electrons. The van der Waals surface area contributed by atoms with Gasteiger partial charge in [0.15, 0.2) is 11.0 Å². The molecule has 0 unspecified atom stereocenters. The molecule has 0 amide bonds. The van der Waals surface area contributed by atoms with Gasteiger partial charge in [0.05, 0.1) is 4.92 Å². The van der Waals surface area contributed by atoms with Crippen molar-refractivity contribution in [1.82, 2.24) is 14.8 Å². The number of hydrogen-bond acceptors (Lipinski definition) is 5. The van der Waals surface area contributed by atoms with Crippen LogP contribution in [0.4, 0.5) is 5.69 Å². The second-order valence-electron chi connectivity index (χ2n) is 6.70. The SMILES string of the molecule is Cc1ccc(-n2c(SCc3ccc([N+](=O)[O-])cc3)nnc2-c2ccc(Cl)cc2)cc1. The Morgan fingerprint density at radius 1 is 0.967 bits per heavy atom.